The monoisotopic (exact) mass is 416 g/mol. The Kier molecular flexibility index (Phi) is 6.91. The predicted molar refractivity (Wildman–Crippen MR) is 107 cm³/mol. The highest BCUT2D eigenvalue weighted by atomic mass is 32.2. The summed E-state index contributed by atoms with van der Waals surface area (Å²) in [6.07, 6.45) is 2.73. The Bertz CT molecular complexity index is 854. The molecule has 0 saturated carbocycles. The van der Waals surface area contributed by atoms with Crippen molar-refractivity contribution in [2.45, 2.75) is 38.4 Å². The lowest BCUT2D eigenvalue weighted by molar-refractivity contribution is -0.131. The molecule has 0 bridgehead atoms. The summed E-state index contributed by atoms with van der Waals surface area (Å²) in [5.41, 5.74) is 1.27. The molecule has 152 valence electrons. The normalized spacial score (nSPS) is 16.5. The summed E-state index contributed by atoms with van der Waals surface area (Å²) in [5.74, 6) is 0.313. The maximum atomic E-state index is 12.5. The van der Waals surface area contributed by atoms with Gasteiger partial charge in [0.15, 0.2) is 9.84 Å². The van der Waals surface area contributed by atoms with E-state index in [1.54, 1.807) is 43.0 Å². The second-order valence-corrected chi connectivity index (χ2v) is 11.8. The Balaban J connectivity index is 1.86. The topological polar surface area (TPSA) is 101 Å². The zero-order chi connectivity index (χ0) is 20.2. The molecule has 9 heteroatoms. The number of benzene rings is 1. The maximum absolute atomic E-state index is 12.5. The molecule has 0 radical (unpaired) electrons. The second kappa shape index (κ2) is 8.60. The number of likely N-dealkylation sites (tertiary alicyclic amines) is 1. The van der Waals surface area contributed by atoms with Crippen molar-refractivity contribution >= 4 is 31.5 Å². The average molecular weight is 417 g/mol. The standard InChI is InChI=1S/C18H28N2O5S2/c1-14(2)27(24,25)13-16-8-10-20(11-9-16)18(21)12-15-4-6-17(7-5-15)19-26(3,22)23/h4-7,14,16,19H,8-13H2,1-3H3. The number of amides is 1. The van der Waals surface area contributed by atoms with E-state index < -0.39 is 19.9 Å². The zero-order valence-corrected chi connectivity index (χ0v) is 17.6. The van der Waals surface area contributed by atoms with Crippen molar-refractivity contribution in [2.24, 2.45) is 5.92 Å². The third-order valence-electron chi connectivity index (χ3n) is 4.77. The first-order valence-corrected chi connectivity index (χ1v) is 12.6. The van der Waals surface area contributed by atoms with Crippen molar-refractivity contribution in [1.29, 1.82) is 0 Å². The predicted octanol–water partition coefficient (Wildman–Crippen LogP) is 1.66. The van der Waals surface area contributed by atoms with Gasteiger partial charge in [-0.2, -0.15) is 0 Å². The summed E-state index contributed by atoms with van der Waals surface area (Å²) in [7, 11) is -6.38. The lowest BCUT2D eigenvalue weighted by Gasteiger charge is -2.32. The Hall–Kier alpha value is -1.61. The largest absolute Gasteiger partial charge is 0.342 e. The molecular weight excluding hydrogens is 388 g/mol. The van der Waals surface area contributed by atoms with Gasteiger partial charge in [0.2, 0.25) is 15.9 Å². The molecule has 1 saturated heterocycles. The molecule has 0 spiro atoms. The maximum Gasteiger partial charge on any atom is 0.229 e. The fraction of sp³-hybridized carbons (Fsp3) is 0.611. The van der Waals surface area contributed by atoms with E-state index in [1.807, 2.05) is 0 Å². The Labute approximate surface area is 162 Å². The third kappa shape index (κ3) is 6.80. The summed E-state index contributed by atoms with van der Waals surface area (Å²) in [6.45, 7) is 4.55. The lowest BCUT2D eigenvalue weighted by Crippen LogP contribution is -2.41. The summed E-state index contributed by atoms with van der Waals surface area (Å²) >= 11 is 0. The first-order chi connectivity index (χ1) is 12.5. The summed E-state index contributed by atoms with van der Waals surface area (Å²) < 4.78 is 48.9. The van der Waals surface area contributed by atoms with Crippen molar-refractivity contribution in [3.63, 3.8) is 0 Å². The van der Waals surface area contributed by atoms with E-state index in [-0.39, 0.29) is 29.2 Å². The van der Waals surface area contributed by atoms with Gasteiger partial charge in [0.25, 0.3) is 0 Å². The number of sulfonamides is 1. The van der Waals surface area contributed by atoms with Gasteiger partial charge in [-0.15, -0.1) is 0 Å². The molecule has 1 aliphatic heterocycles. The van der Waals surface area contributed by atoms with Crippen LogP contribution in [0.25, 0.3) is 0 Å². The van der Waals surface area contributed by atoms with E-state index in [4.69, 9.17) is 0 Å². The average Bonchev–Trinajstić information content (AvgIpc) is 2.55. The van der Waals surface area contributed by atoms with Crippen LogP contribution in [0.5, 0.6) is 0 Å². The Morgan fingerprint density at radius 1 is 1.11 bits per heavy atom. The van der Waals surface area contributed by atoms with Crippen molar-refractivity contribution < 1.29 is 21.6 Å². The summed E-state index contributed by atoms with van der Waals surface area (Å²) in [6, 6.07) is 6.72. The number of nitrogens with one attached hydrogen (secondary N) is 1. The third-order valence-corrected chi connectivity index (χ3v) is 7.74. The van der Waals surface area contributed by atoms with Crippen LogP contribution < -0.4 is 4.72 Å². The highest BCUT2D eigenvalue weighted by Gasteiger charge is 2.27. The molecule has 1 amide bonds. The number of carbonyl (C=O) groups excluding carboxylic acids is 1. The molecule has 1 aromatic carbocycles. The van der Waals surface area contributed by atoms with Gasteiger partial charge in [-0.25, -0.2) is 16.8 Å². The van der Waals surface area contributed by atoms with Crippen LogP contribution in [0.4, 0.5) is 5.69 Å². The van der Waals surface area contributed by atoms with Gasteiger partial charge in [0.05, 0.1) is 23.7 Å². The minimum atomic E-state index is -3.32. The van der Waals surface area contributed by atoms with Gasteiger partial charge in [-0.05, 0) is 50.3 Å². The number of piperidine rings is 1. The van der Waals surface area contributed by atoms with Gasteiger partial charge >= 0.3 is 0 Å². The van der Waals surface area contributed by atoms with Crippen LogP contribution in [-0.2, 0) is 31.1 Å². The molecule has 1 aliphatic rings. The smallest absolute Gasteiger partial charge is 0.229 e. The van der Waals surface area contributed by atoms with Crippen LogP contribution in [0.3, 0.4) is 0 Å². The molecule has 7 nitrogen and oxygen atoms in total. The molecule has 0 aliphatic carbocycles. The fourth-order valence-electron chi connectivity index (χ4n) is 3.06. The van der Waals surface area contributed by atoms with E-state index in [1.165, 1.54) is 0 Å². The van der Waals surface area contributed by atoms with Gasteiger partial charge in [0, 0.05) is 18.8 Å². The first kappa shape index (κ1) is 21.7. The molecule has 0 unspecified atom stereocenters. The van der Waals surface area contributed by atoms with Crippen molar-refractivity contribution in [2.75, 3.05) is 29.8 Å². The van der Waals surface area contributed by atoms with Crippen LogP contribution in [0.15, 0.2) is 24.3 Å². The molecule has 0 aromatic heterocycles. The van der Waals surface area contributed by atoms with Gasteiger partial charge < -0.3 is 4.90 Å². The van der Waals surface area contributed by atoms with E-state index in [0.29, 0.717) is 31.6 Å². The minimum absolute atomic E-state index is 0.00369. The van der Waals surface area contributed by atoms with E-state index in [9.17, 15) is 21.6 Å². The molecule has 1 N–H and O–H groups in total. The van der Waals surface area contributed by atoms with Crippen LogP contribution >= 0.6 is 0 Å². The van der Waals surface area contributed by atoms with Crippen LogP contribution in [-0.4, -0.2) is 58.0 Å². The van der Waals surface area contributed by atoms with Gasteiger partial charge in [0.1, 0.15) is 0 Å². The lowest BCUT2D eigenvalue weighted by atomic mass is 9.98. The second-order valence-electron chi connectivity index (χ2n) is 7.45. The van der Waals surface area contributed by atoms with Crippen molar-refractivity contribution in [1.82, 2.24) is 4.90 Å². The first-order valence-electron chi connectivity index (χ1n) is 9.02. The highest BCUT2D eigenvalue weighted by Crippen LogP contribution is 2.21. The number of hydrogen-bond donors (Lipinski definition) is 1. The molecule has 1 heterocycles. The van der Waals surface area contributed by atoms with Gasteiger partial charge in [-0.1, -0.05) is 12.1 Å². The molecule has 27 heavy (non-hydrogen) atoms. The Morgan fingerprint density at radius 3 is 2.15 bits per heavy atom. The molecule has 2 rings (SSSR count). The molecule has 1 fully saturated rings. The van der Waals surface area contributed by atoms with Crippen molar-refractivity contribution in [3.8, 4) is 0 Å². The van der Waals surface area contributed by atoms with Crippen LogP contribution in [0.2, 0.25) is 0 Å². The Morgan fingerprint density at radius 2 is 1.67 bits per heavy atom. The van der Waals surface area contributed by atoms with Gasteiger partial charge in [-0.3, -0.25) is 9.52 Å². The molecule has 0 atom stereocenters. The number of rotatable bonds is 7. The number of nitrogens with zero attached hydrogens (tertiary/aromatic N) is 1. The summed E-state index contributed by atoms with van der Waals surface area (Å²) in [5, 5.41) is -0.364. The van der Waals surface area contributed by atoms with E-state index in [2.05, 4.69) is 4.72 Å². The number of sulfone groups is 1. The minimum Gasteiger partial charge on any atom is -0.342 e. The van der Waals surface area contributed by atoms with Crippen LogP contribution in [0, 0.1) is 5.92 Å². The van der Waals surface area contributed by atoms with Crippen LogP contribution in [0.1, 0.15) is 32.3 Å². The molecular formula is C18H28N2O5S2. The van der Waals surface area contributed by atoms with Crippen molar-refractivity contribution in [3.05, 3.63) is 29.8 Å². The quantitative estimate of drug-likeness (QED) is 0.729. The summed E-state index contributed by atoms with van der Waals surface area (Å²) in [4.78, 5) is 14.3. The SMILES string of the molecule is CC(C)S(=O)(=O)CC1CCN(C(=O)Cc2ccc(NS(C)(=O)=O)cc2)CC1. The zero-order valence-electron chi connectivity index (χ0n) is 16.0. The fourth-order valence-corrected chi connectivity index (χ4v) is 5.00. The number of anilines is 1. The number of carbonyl (C=O) groups is 1. The molecule has 1 aromatic rings. The highest BCUT2D eigenvalue weighted by molar-refractivity contribution is 7.92. The van der Waals surface area contributed by atoms with E-state index in [0.717, 1.165) is 11.8 Å². The number of hydrogen-bond acceptors (Lipinski definition) is 5. The van der Waals surface area contributed by atoms with E-state index >= 15 is 0 Å².